The highest BCUT2D eigenvalue weighted by molar-refractivity contribution is 6.01. The van der Waals surface area contributed by atoms with Crippen molar-refractivity contribution in [1.29, 1.82) is 0 Å². The van der Waals surface area contributed by atoms with Crippen LogP contribution >= 0.6 is 0 Å². The molecule has 7 rings (SSSR count). The summed E-state index contributed by atoms with van der Waals surface area (Å²) in [4.78, 5) is 50.4. The standard InChI is InChI=1S/C31H39N5O5/c1-16(2)26-28(38)35-11-7-10-24(35)31(40)36(26)29(39)30(41-31,17(3)4)33-27(37)19-12-21-20-8-6-9-22-25(20)18(14-32-22)13-23(21)34(5)15-19/h6,8-9,12,14,16-17,19,23-24,26,32,40H,7,10-11,13,15H2,1-5H3,(H,33,37)/t19?,23?,24-,26-,30+,31-/m0/s1. The minimum atomic E-state index is -2.01. The van der Waals surface area contributed by atoms with E-state index in [9.17, 15) is 19.5 Å². The fourth-order valence-electron chi connectivity index (χ4n) is 7.97. The number of hydrogen-bond acceptors (Lipinski definition) is 6. The van der Waals surface area contributed by atoms with Crippen LogP contribution in [0.3, 0.4) is 0 Å². The predicted octanol–water partition coefficient (Wildman–Crippen LogP) is 2.04. The lowest BCUT2D eigenvalue weighted by molar-refractivity contribution is -0.323. The minimum Gasteiger partial charge on any atom is -0.361 e. The van der Waals surface area contributed by atoms with Gasteiger partial charge in [-0.3, -0.25) is 28.9 Å². The Morgan fingerprint density at radius 1 is 1.22 bits per heavy atom. The van der Waals surface area contributed by atoms with Crippen molar-refractivity contribution in [3.63, 3.8) is 0 Å². The molecule has 5 heterocycles. The highest BCUT2D eigenvalue weighted by atomic mass is 16.7. The highest BCUT2D eigenvalue weighted by Gasteiger charge is 2.72. The van der Waals surface area contributed by atoms with Crippen LogP contribution in [0.2, 0.25) is 0 Å². The number of likely N-dealkylation sites (N-methyl/N-ethyl adjacent to an activating group) is 1. The van der Waals surface area contributed by atoms with Crippen LogP contribution in [0.4, 0.5) is 0 Å². The summed E-state index contributed by atoms with van der Waals surface area (Å²) in [5, 5.41) is 16.2. The van der Waals surface area contributed by atoms with E-state index in [0.717, 1.165) is 23.1 Å². The number of nitrogens with one attached hydrogen (secondary N) is 2. The largest absolute Gasteiger partial charge is 0.361 e. The third-order valence-corrected chi connectivity index (χ3v) is 10.1. The molecule has 4 aliphatic heterocycles. The summed E-state index contributed by atoms with van der Waals surface area (Å²) in [6, 6.07) is 4.80. The van der Waals surface area contributed by atoms with Crippen molar-refractivity contribution in [2.75, 3.05) is 20.1 Å². The first-order valence-corrected chi connectivity index (χ1v) is 14.9. The Balaban J connectivity index is 1.25. The fourth-order valence-corrected chi connectivity index (χ4v) is 7.97. The van der Waals surface area contributed by atoms with Crippen molar-refractivity contribution < 1.29 is 24.2 Å². The Morgan fingerprint density at radius 2 is 2.00 bits per heavy atom. The van der Waals surface area contributed by atoms with E-state index in [2.05, 4.69) is 33.5 Å². The Labute approximate surface area is 239 Å². The Hall–Kier alpha value is -3.21. The predicted molar refractivity (Wildman–Crippen MR) is 152 cm³/mol. The number of fused-ring (bicyclic) bond motifs is 5. The first-order chi connectivity index (χ1) is 19.5. The molecule has 218 valence electrons. The molecule has 3 saturated heterocycles. The molecule has 10 heteroatoms. The normalized spacial score (nSPS) is 34.8. The van der Waals surface area contributed by atoms with Crippen LogP contribution in [-0.2, 0) is 25.5 Å². The van der Waals surface area contributed by atoms with Gasteiger partial charge in [0.1, 0.15) is 12.1 Å². The number of rotatable bonds is 4. The van der Waals surface area contributed by atoms with Gasteiger partial charge in [-0.15, -0.1) is 0 Å². The van der Waals surface area contributed by atoms with E-state index in [1.54, 1.807) is 18.7 Å². The average Bonchev–Trinajstić information content (AvgIpc) is 3.64. The zero-order valence-corrected chi connectivity index (χ0v) is 24.3. The van der Waals surface area contributed by atoms with Gasteiger partial charge in [0.15, 0.2) is 0 Å². The van der Waals surface area contributed by atoms with Crippen LogP contribution in [0.15, 0.2) is 30.5 Å². The lowest BCUT2D eigenvalue weighted by Gasteiger charge is -2.49. The van der Waals surface area contributed by atoms with E-state index in [1.165, 1.54) is 15.8 Å². The maximum absolute atomic E-state index is 14.3. The molecule has 2 unspecified atom stereocenters. The molecule has 3 amide bonds. The summed E-state index contributed by atoms with van der Waals surface area (Å²) in [6.45, 7) is 8.32. The van der Waals surface area contributed by atoms with E-state index in [1.807, 2.05) is 33.0 Å². The summed E-state index contributed by atoms with van der Waals surface area (Å²) in [6.07, 6.45) is 6.21. The summed E-state index contributed by atoms with van der Waals surface area (Å²) >= 11 is 0. The van der Waals surface area contributed by atoms with E-state index >= 15 is 0 Å². The van der Waals surface area contributed by atoms with Crippen LogP contribution in [0, 0.1) is 17.8 Å². The smallest absolute Gasteiger partial charge is 0.281 e. The van der Waals surface area contributed by atoms with Crippen molar-refractivity contribution >= 4 is 34.2 Å². The van der Waals surface area contributed by atoms with Crippen LogP contribution in [0.25, 0.3) is 16.5 Å². The first kappa shape index (κ1) is 26.7. The molecular formula is C31H39N5O5. The van der Waals surface area contributed by atoms with Gasteiger partial charge >= 0.3 is 0 Å². The molecular weight excluding hydrogens is 522 g/mol. The number of piperazine rings is 1. The lowest BCUT2D eigenvalue weighted by atomic mass is 9.79. The molecule has 6 atom stereocenters. The molecule has 1 aromatic carbocycles. The molecule has 0 spiro atoms. The topological polar surface area (TPSA) is 118 Å². The van der Waals surface area contributed by atoms with Gasteiger partial charge in [-0.25, -0.2) is 0 Å². The van der Waals surface area contributed by atoms with E-state index in [4.69, 9.17) is 4.74 Å². The van der Waals surface area contributed by atoms with Gasteiger partial charge in [0.25, 0.3) is 11.8 Å². The number of aliphatic hydroxyl groups is 1. The Bertz CT molecular complexity index is 1500. The van der Waals surface area contributed by atoms with Gasteiger partial charge in [0.2, 0.25) is 17.5 Å². The molecule has 1 aromatic heterocycles. The summed E-state index contributed by atoms with van der Waals surface area (Å²) in [7, 11) is 2.03. The van der Waals surface area contributed by atoms with E-state index in [-0.39, 0.29) is 23.8 Å². The number of hydrogen-bond donors (Lipinski definition) is 3. The van der Waals surface area contributed by atoms with Crippen molar-refractivity contribution in [3.8, 4) is 0 Å². The van der Waals surface area contributed by atoms with Gasteiger partial charge in [-0.2, -0.15) is 0 Å². The fraction of sp³-hybridized carbons (Fsp3) is 0.581. The number of nitrogens with zero attached hydrogens (tertiary/aromatic N) is 3. The number of carbonyl (C=O) groups is 3. The molecule has 5 aliphatic rings. The SMILES string of the molecule is CC(C)[C@H]1C(=O)N2CCC[C@H]2[C@]2(O)O[C@](NC(=O)C3C=C4c5cccc6[nH]cc(c56)CC4N(C)C3)(C(C)C)C(=O)N12. The number of aromatic nitrogens is 1. The number of aromatic amines is 1. The molecule has 10 nitrogen and oxygen atoms in total. The van der Waals surface area contributed by atoms with Crippen molar-refractivity contribution in [3.05, 3.63) is 41.6 Å². The van der Waals surface area contributed by atoms with E-state index in [0.29, 0.717) is 25.9 Å². The van der Waals surface area contributed by atoms with Gasteiger partial charge in [-0.05, 0) is 55.0 Å². The molecule has 3 fully saturated rings. The molecule has 2 aromatic rings. The van der Waals surface area contributed by atoms with Crippen LogP contribution in [0.1, 0.15) is 51.7 Å². The monoisotopic (exact) mass is 561 g/mol. The quantitative estimate of drug-likeness (QED) is 0.526. The van der Waals surface area contributed by atoms with Gasteiger partial charge < -0.3 is 20.3 Å². The average molecular weight is 562 g/mol. The molecule has 0 radical (unpaired) electrons. The lowest BCUT2D eigenvalue weighted by Crippen LogP contribution is -2.72. The second kappa shape index (κ2) is 8.89. The highest BCUT2D eigenvalue weighted by Crippen LogP contribution is 2.49. The van der Waals surface area contributed by atoms with Crippen LogP contribution < -0.4 is 5.32 Å². The number of amides is 3. The van der Waals surface area contributed by atoms with E-state index < -0.39 is 41.5 Å². The summed E-state index contributed by atoms with van der Waals surface area (Å²) in [5.41, 5.74) is 2.78. The molecule has 0 bridgehead atoms. The number of H-pyrrole nitrogens is 1. The third kappa shape index (κ3) is 3.50. The summed E-state index contributed by atoms with van der Waals surface area (Å²) < 4.78 is 6.40. The van der Waals surface area contributed by atoms with Crippen molar-refractivity contribution in [1.82, 2.24) is 25.0 Å². The Morgan fingerprint density at radius 3 is 2.73 bits per heavy atom. The number of benzene rings is 1. The van der Waals surface area contributed by atoms with Gasteiger partial charge in [0, 0.05) is 42.1 Å². The maximum atomic E-state index is 14.3. The molecule has 1 aliphatic carbocycles. The molecule has 0 saturated carbocycles. The Kier molecular flexibility index (Phi) is 5.79. The maximum Gasteiger partial charge on any atom is 0.281 e. The summed E-state index contributed by atoms with van der Waals surface area (Å²) in [5.74, 6) is -4.36. The zero-order valence-electron chi connectivity index (χ0n) is 24.3. The van der Waals surface area contributed by atoms with Gasteiger partial charge in [-0.1, -0.05) is 45.9 Å². The second-order valence-electron chi connectivity index (χ2n) is 13.1. The van der Waals surface area contributed by atoms with Crippen LogP contribution in [-0.4, -0.2) is 92.4 Å². The first-order valence-electron chi connectivity index (χ1n) is 14.9. The van der Waals surface area contributed by atoms with Crippen LogP contribution in [0.5, 0.6) is 0 Å². The van der Waals surface area contributed by atoms with Crippen molar-refractivity contribution in [2.45, 2.75) is 76.7 Å². The number of carbonyl (C=O) groups excluding carboxylic acids is 3. The zero-order chi connectivity index (χ0) is 29.0. The minimum absolute atomic E-state index is 0.150. The molecule has 41 heavy (non-hydrogen) atoms. The van der Waals surface area contributed by atoms with Crippen molar-refractivity contribution in [2.24, 2.45) is 17.8 Å². The number of ether oxygens (including phenoxy) is 1. The van der Waals surface area contributed by atoms with Gasteiger partial charge in [0.05, 0.1) is 5.92 Å². The molecule has 3 N–H and O–H groups in total. The second-order valence-corrected chi connectivity index (χ2v) is 13.1. The third-order valence-electron chi connectivity index (χ3n) is 10.1.